The van der Waals surface area contributed by atoms with Gasteiger partial charge in [0, 0.05) is 25.7 Å². The lowest BCUT2D eigenvalue weighted by molar-refractivity contribution is -0.143. The summed E-state index contributed by atoms with van der Waals surface area (Å²) in [5.74, 6) is -1.56. The molecule has 9 nitrogen and oxygen atoms in total. The maximum Gasteiger partial charge on any atom is 0.411 e. The number of carbonyl (C=O) groups excluding carboxylic acids is 2. The van der Waals surface area contributed by atoms with Crippen LogP contribution in [0.5, 0.6) is 0 Å². The van der Waals surface area contributed by atoms with Gasteiger partial charge in [0.15, 0.2) is 5.69 Å². The van der Waals surface area contributed by atoms with Crippen LogP contribution in [-0.2, 0) is 16.6 Å². The van der Waals surface area contributed by atoms with Gasteiger partial charge in [0.25, 0.3) is 5.91 Å². The molecule has 1 fully saturated rings. The van der Waals surface area contributed by atoms with E-state index in [-0.39, 0.29) is 30.5 Å². The third-order valence-corrected chi connectivity index (χ3v) is 6.52. The van der Waals surface area contributed by atoms with Crippen LogP contribution in [-0.4, -0.2) is 46.0 Å². The van der Waals surface area contributed by atoms with Gasteiger partial charge in [0.2, 0.25) is 0 Å². The van der Waals surface area contributed by atoms with E-state index in [2.05, 4.69) is 27.9 Å². The fraction of sp³-hybridized carbons (Fsp3) is 0.280. The minimum absolute atomic E-state index is 0.00260. The molecule has 2 aliphatic carbocycles. The van der Waals surface area contributed by atoms with E-state index in [4.69, 9.17) is 4.74 Å². The summed E-state index contributed by atoms with van der Waals surface area (Å²) in [5.41, 5.74) is 3.76. The Hall–Kier alpha value is -4.14. The van der Waals surface area contributed by atoms with Crippen molar-refractivity contribution in [2.24, 2.45) is 12.5 Å². The molecule has 1 saturated carbocycles. The van der Waals surface area contributed by atoms with Crippen LogP contribution in [0.25, 0.3) is 11.1 Å². The number of nitrogens with one attached hydrogen (secondary N) is 2. The Morgan fingerprint density at radius 2 is 1.71 bits per heavy atom. The smallest absolute Gasteiger partial charge is 0.411 e. The quantitative estimate of drug-likeness (QED) is 0.497. The molecule has 0 aliphatic heterocycles. The number of nitrogens with zero attached hydrogens (tertiary/aromatic N) is 2. The predicted octanol–water partition coefficient (Wildman–Crippen LogP) is 3.38. The summed E-state index contributed by atoms with van der Waals surface area (Å²) in [4.78, 5) is 36.6. The number of aliphatic carboxylic acids is 1. The van der Waals surface area contributed by atoms with Crippen molar-refractivity contribution >= 4 is 23.7 Å². The van der Waals surface area contributed by atoms with Gasteiger partial charge in [0.05, 0.1) is 11.1 Å². The molecule has 0 spiro atoms. The highest BCUT2D eigenvalue weighted by atomic mass is 16.5. The van der Waals surface area contributed by atoms with Crippen molar-refractivity contribution in [3.63, 3.8) is 0 Å². The number of anilines is 1. The summed E-state index contributed by atoms with van der Waals surface area (Å²) in [7, 11) is 1.62. The van der Waals surface area contributed by atoms with Crippen LogP contribution < -0.4 is 10.6 Å². The van der Waals surface area contributed by atoms with E-state index in [1.807, 2.05) is 36.4 Å². The maximum absolute atomic E-state index is 12.6. The first-order valence-corrected chi connectivity index (χ1v) is 11.1. The lowest BCUT2D eigenvalue weighted by atomic mass is 9.98. The number of benzene rings is 2. The van der Waals surface area contributed by atoms with E-state index in [1.54, 1.807) is 7.05 Å². The first-order valence-electron chi connectivity index (χ1n) is 11.1. The summed E-state index contributed by atoms with van der Waals surface area (Å²) in [6.45, 7) is 0.158. The van der Waals surface area contributed by atoms with E-state index in [0.717, 1.165) is 22.3 Å². The van der Waals surface area contributed by atoms with Crippen LogP contribution in [0.1, 0.15) is 40.4 Å². The highest BCUT2D eigenvalue weighted by molar-refractivity contribution is 6.01. The number of aromatic nitrogens is 2. The molecule has 9 heteroatoms. The molecule has 2 aliphatic rings. The number of hydrogen-bond donors (Lipinski definition) is 3. The fourth-order valence-electron chi connectivity index (χ4n) is 4.44. The van der Waals surface area contributed by atoms with Crippen molar-refractivity contribution in [2.45, 2.75) is 18.8 Å². The maximum atomic E-state index is 12.6. The minimum atomic E-state index is -0.925. The highest BCUT2D eigenvalue weighted by Crippen LogP contribution is 2.45. The zero-order valence-corrected chi connectivity index (χ0v) is 18.6. The molecule has 0 radical (unpaired) electrons. The first kappa shape index (κ1) is 21.7. The van der Waals surface area contributed by atoms with Gasteiger partial charge < -0.3 is 15.2 Å². The molecule has 1 heterocycles. The Balaban J connectivity index is 1.25. The van der Waals surface area contributed by atoms with Gasteiger partial charge in [-0.25, -0.2) is 4.79 Å². The van der Waals surface area contributed by atoms with Gasteiger partial charge in [-0.3, -0.25) is 19.6 Å². The Kier molecular flexibility index (Phi) is 5.31. The van der Waals surface area contributed by atoms with Crippen molar-refractivity contribution in [2.75, 3.05) is 18.5 Å². The van der Waals surface area contributed by atoms with E-state index in [9.17, 15) is 19.5 Å². The summed E-state index contributed by atoms with van der Waals surface area (Å²) in [6, 6.07) is 16.1. The fourth-order valence-corrected chi connectivity index (χ4v) is 4.44. The number of fused-ring (bicyclic) bond motifs is 3. The second kappa shape index (κ2) is 8.33. The number of carboxylic acid groups (broad SMARTS) is 1. The van der Waals surface area contributed by atoms with Crippen LogP contribution in [0, 0.1) is 5.41 Å². The lowest BCUT2D eigenvalue weighted by Crippen LogP contribution is -2.34. The van der Waals surface area contributed by atoms with E-state index in [0.29, 0.717) is 12.8 Å². The molecule has 0 saturated heterocycles. The molecule has 0 unspecified atom stereocenters. The van der Waals surface area contributed by atoms with Crippen molar-refractivity contribution in [1.82, 2.24) is 15.1 Å². The average Bonchev–Trinajstić information content (AvgIpc) is 3.45. The molecular weight excluding hydrogens is 436 g/mol. The van der Waals surface area contributed by atoms with Gasteiger partial charge in [-0.2, -0.15) is 5.10 Å². The zero-order chi connectivity index (χ0) is 23.9. The topological polar surface area (TPSA) is 123 Å². The van der Waals surface area contributed by atoms with Gasteiger partial charge in [-0.15, -0.1) is 0 Å². The third kappa shape index (κ3) is 3.89. The van der Waals surface area contributed by atoms with E-state index >= 15 is 0 Å². The molecule has 1 aromatic heterocycles. The molecule has 34 heavy (non-hydrogen) atoms. The highest BCUT2D eigenvalue weighted by Gasteiger charge is 2.50. The van der Waals surface area contributed by atoms with Crippen molar-refractivity contribution in [1.29, 1.82) is 0 Å². The third-order valence-electron chi connectivity index (χ3n) is 6.52. The molecule has 0 atom stereocenters. The molecule has 2 aromatic carbocycles. The largest absolute Gasteiger partial charge is 0.481 e. The van der Waals surface area contributed by atoms with Gasteiger partial charge >= 0.3 is 12.1 Å². The molecule has 3 aromatic rings. The number of hydrogen-bond acceptors (Lipinski definition) is 5. The minimum Gasteiger partial charge on any atom is -0.481 e. The van der Waals surface area contributed by atoms with Gasteiger partial charge in [0.1, 0.15) is 6.61 Å². The first-order chi connectivity index (χ1) is 16.4. The van der Waals surface area contributed by atoms with Crippen molar-refractivity contribution in [3.8, 4) is 11.1 Å². The summed E-state index contributed by atoms with van der Waals surface area (Å²) < 4.78 is 6.95. The summed E-state index contributed by atoms with van der Waals surface area (Å²) in [5, 5.41) is 18.6. The Morgan fingerprint density at radius 1 is 1.09 bits per heavy atom. The summed E-state index contributed by atoms with van der Waals surface area (Å²) >= 11 is 0. The second-order valence-corrected chi connectivity index (χ2v) is 8.78. The van der Waals surface area contributed by atoms with Crippen LogP contribution in [0.2, 0.25) is 0 Å². The zero-order valence-electron chi connectivity index (χ0n) is 18.6. The molecular formula is C25H24N4O5. The average molecular weight is 460 g/mol. The van der Waals surface area contributed by atoms with E-state index < -0.39 is 23.4 Å². The number of aryl methyl sites for hydroxylation is 1. The number of amides is 2. The Labute approximate surface area is 195 Å². The van der Waals surface area contributed by atoms with Crippen LogP contribution in [0.15, 0.2) is 54.7 Å². The molecule has 0 bridgehead atoms. The van der Waals surface area contributed by atoms with Crippen LogP contribution in [0.4, 0.5) is 10.5 Å². The predicted molar refractivity (Wildman–Crippen MR) is 124 cm³/mol. The monoisotopic (exact) mass is 460 g/mol. The molecule has 174 valence electrons. The van der Waals surface area contributed by atoms with Gasteiger partial charge in [-0.1, -0.05) is 48.5 Å². The summed E-state index contributed by atoms with van der Waals surface area (Å²) in [6.07, 6.45) is 1.85. The Bertz CT molecular complexity index is 1250. The van der Waals surface area contributed by atoms with Crippen molar-refractivity contribution < 1.29 is 24.2 Å². The molecule has 5 rings (SSSR count). The molecule has 3 N–H and O–H groups in total. The van der Waals surface area contributed by atoms with Gasteiger partial charge in [-0.05, 0) is 35.1 Å². The van der Waals surface area contributed by atoms with Crippen LogP contribution >= 0.6 is 0 Å². The Morgan fingerprint density at radius 3 is 2.29 bits per heavy atom. The standard InChI is InChI=1S/C25H24N4O5/c1-29-12-20(21(28-29)22(30)26-14-25(10-11-25)23(31)32)27-24(33)34-13-19-17-8-4-2-6-15(17)16-7-3-5-9-18(16)19/h2-9,12,19H,10-11,13-14H2,1H3,(H,26,30)(H,27,33)(H,31,32). The van der Waals surface area contributed by atoms with Crippen molar-refractivity contribution in [3.05, 3.63) is 71.5 Å². The number of carbonyl (C=O) groups is 3. The van der Waals surface area contributed by atoms with E-state index in [1.165, 1.54) is 10.9 Å². The second-order valence-electron chi connectivity index (χ2n) is 8.78. The number of rotatable bonds is 7. The van der Waals surface area contributed by atoms with Crippen LogP contribution in [0.3, 0.4) is 0 Å². The normalized spacial score (nSPS) is 15.2. The lowest BCUT2D eigenvalue weighted by Gasteiger charge is -2.14. The molecule has 2 amide bonds. The number of ether oxygens (including phenoxy) is 1. The SMILES string of the molecule is Cn1cc(NC(=O)OCC2c3ccccc3-c3ccccc32)c(C(=O)NCC2(C(=O)O)CC2)n1. The number of carboxylic acids is 1.